The summed E-state index contributed by atoms with van der Waals surface area (Å²) < 4.78 is 24.8. The first kappa shape index (κ1) is 13.6. The van der Waals surface area contributed by atoms with Gasteiger partial charge in [0.2, 0.25) is 10.0 Å². The second-order valence-electron chi connectivity index (χ2n) is 6.41. The van der Waals surface area contributed by atoms with Crippen molar-refractivity contribution in [3.8, 4) is 0 Å². The van der Waals surface area contributed by atoms with E-state index in [1.165, 1.54) is 19.1 Å². The molecule has 1 saturated carbocycles. The van der Waals surface area contributed by atoms with Gasteiger partial charge in [-0.15, -0.1) is 0 Å². The molecule has 2 aliphatic carbocycles. The lowest BCUT2D eigenvalue weighted by atomic mass is 9.93. The molecule has 1 heterocycles. The van der Waals surface area contributed by atoms with Crippen LogP contribution in [0.25, 0.3) is 0 Å². The van der Waals surface area contributed by atoms with Crippen LogP contribution in [-0.4, -0.2) is 44.7 Å². The fourth-order valence-corrected chi connectivity index (χ4v) is 4.77. The van der Waals surface area contributed by atoms with Gasteiger partial charge in [-0.1, -0.05) is 12.2 Å². The third-order valence-corrected chi connectivity index (χ3v) is 6.21. The fourth-order valence-electron chi connectivity index (χ4n) is 3.86. The van der Waals surface area contributed by atoms with Crippen molar-refractivity contribution < 1.29 is 8.42 Å². The third kappa shape index (κ3) is 3.03. The largest absolute Gasteiger partial charge is 0.312 e. The molecule has 4 unspecified atom stereocenters. The fraction of sp³-hybridized carbons (Fsp3) is 0.857. The summed E-state index contributed by atoms with van der Waals surface area (Å²) in [6, 6.07) is 0.339. The second kappa shape index (κ2) is 5.19. The minimum Gasteiger partial charge on any atom is -0.312 e. The summed E-state index contributed by atoms with van der Waals surface area (Å²) in [5.41, 5.74) is 0. The molecule has 4 atom stereocenters. The van der Waals surface area contributed by atoms with Gasteiger partial charge in [-0.3, -0.25) is 0 Å². The minimum atomic E-state index is -3.02. The summed E-state index contributed by atoms with van der Waals surface area (Å²) in [4.78, 5) is 0. The van der Waals surface area contributed by atoms with E-state index in [2.05, 4.69) is 17.5 Å². The van der Waals surface area contributed by atoms with E-state index in [4.69, 9.17) is 0 Å². The van der Waals surface area contributed by atoms with E-state index < -0.39 is 10.0 Å². The highest BCUT2D eigenvalue weighted by Crippen LogP contribution is 2.43. The molecular weight excluding hydrogens is 260 g/mol. The van der Waals surface area contributed by atoms with Crippen LogP contribution in [0, 0.1) is 17.8 Å². The van der Waals surface area contributed by atoms with Crippen LogP contribution in [-0.2, 0) is 10.0 Å². The summed E-state index contributed by atoms with van der Waals surface area (Å²) in [7, 11) is -3.02. The zero-order chi connectivity index (χ0) is 13.5. The molecule has 1 N–H and O–H groups in total. The molecule has 4 nitrogen and oxygen atoms in total. The van der Waals surface area contributed by atoms with Crippen molar-refractivity contribution in [2.24, 2.45) is 17.8 Å². The topological polar surface area (TPSA) is 49.4 Å². The Morgan fingerprint density at radius 3 is 2.79 bits per heavy atom. The van der Waals surface area contributed by atoms with Crippen molar-refractivity contribution in [3.05, 3.63) is 12.2 Å². The lowest BCUT2D eigenvalue weighted by molar-refractivity contribution is 0.269. The maximum atomic E-state index is 11.6. The monoisotopic (exact) mass is 284 g/mol. The van der Waals surface area contributed by atoms with E-state index >= 15 is 0 Å². The van der Waals surface area contributed by atoms with Gasteiger partial charge >= 0.3 is 0 Å². The summed E-state index contributed by atoms with van der Waals surface area (Å²) in [6.45, 7) is 2.39. The van der Waals surface area contributed by atoms with Crippen molar-refractivity contribution in [1.29, 1.82) is 0 Å². The van der Waals surface area contributed by atoms with Gasteiger partial charge in [0.25, 0.3) is 0 Å². The van der Waals surface area contributed by atoms with E-state index in [1.807, 2.05) is 0 Å². The standard InChI is InChI=1S/C14H24N2O2S/c1-19(17,18)16-6-2-3-14(10-16)15-9-13-8-11-4-5-12(13)7-11/h4-5,11-15H,2-3,6-10H2,1H3. The van der Waals surface area contributed by atoms with Crippen LogP contribution in [0.4, 0.5) is 0 Å². The molecule has 3 aliphatic rings. The van der Waals surface area contributed by atoms with Gasteiger partial charge in [-0.2, -0.15) is 0 Å². The zero-order valence-corrected chi connectivity index (χ0v) is 12.4. The van der Waals surface area contributed by atoms with Crippen molar-refractivity contribution in [2.75, 3.05) is 25.9 Å². The van der Waals surface area contributed by atoms with E-state index in [0.29, 0.717) is 19.1 Å². The van der Waals surface area contributed by atoms with Crippen LogP contribution in [0.15, 0.2) is 12.2 Å². The number of fused-ring (bicyclic) bond motifs is 2. The van der Waals surface area contributed by atoms with Crippen LogP contribution in [0.2, 0.25) is 0 Å². The van der Waals surface area contributed by atoms with Gasteiger partial charge in [0.05, 0.1) is 6.26 Å². The van der Waals surface area contributed by atoms with Gasteiger partial charge in [0.15, 0.2) is 0 Å². The Bertz CT molecular complexity index is 460. The summed E-state index contributed by atoms with van der Waals surface area (Å²) >= 11 is 0. The molecule has 3 rings (SSSR count). The molecule has 19 heavy (non-hydrogen) atoms. The maximum absolute atomic E-state index is 11.6. The Labute approximate surface area is 116 Å². The van der Waals surface area contributed by atoms with Crippen molar-refractivity contribution >= 4 is 10.0 Å². The first-order valence-corrected chi connectivity index (χ1v) is 9.24. The normalized spacial score (nSPS) is 39.0. The molecule has 0 aromatic rings. The van der Waals surface area contributed by atoms with Crippen LogP contribution in [0.1, 0.15) is 25.7 Å². The Balaban J connectivity index is 1.49. The number of allylic oxidation sites excluding steroid dienone is 2. The summed E-state index contributed by atoms with van der Waals surface area (Å²) in [5, 5.41) is 3.61. The number of hydrogen-bond acceptors (Lipinski definition) is 3. The van der Waals surface area contributed by atoms with Crippen LogP contribution >= 0.6 is 0 Å². The second-order valence-corrected chi connectivity index (χ2v) is 8.39. The molecule has 1 saturated heterocycles. The quantitative estimate of drug-likeness (QED) is 0.790. The number of rotatable bonds is 4. The van der Waals surface area contributed by atoms with Crippen LogP contribution < -0.4 is 5.32 Å². The van der Waals surface area contributed by atoms with Crippen molar-refractivity contribution in [3.63, 3.8) is 0 Å². The number of nitrogens with one attached hydrogen (secondary N) is 1. The van der Waals surface area contributed by atoms with Gasteiger partial charge in [0.1, 0.15) is 0 Å². The smallest absolute Gasteiger partial charge is 0.211 e. The summed E-state index contributed by atoms with van der Waals surface area (Å²) in [5.74, 6) is 2.35. The van der Waals surface area contributed by atoms with Gasteiger partial charge in [-0.05, 0) is 50.0 Å². The minimum absolute atomic E-state index is 0.339. The molecule has 0 aromatic heterocycles. The molecule has 0 aromatic carbocycles. The molecule has 108 valence electrons. The molecule has 1 aliphatic heterocycles. The SMILES string of the molecule is CS(=O)(=O)N1CCCC(NCC2CC3C=CC2C3)C1. The van der Waals surface area contributed by atoms with E-state index in [9.17, 15) is 8.42 Å². The van der Waals surface area contributed by atoms with E-state index in [-0.39, 0.29) is 0 Å². The average Bonchev–Trinajstić information content (AvgIpc) is 2.98. The maximum Gasteiger partial charge on any atom is 0.211 e. The Kier molecular flexibility index (Phi) is 3.71. The van der Waals surface area contributed by atoms with Gasteiger partial charge in [-0.25, -0.2) is 12.7 Å². The highest BCUT2D eigenvalue weighted by molar-refractivity contribution is 7.88. The molecular formula is C14H24N2O2S. The van der Waals surface area contributed by atoms with E-state index in [1.54, 1.807) is 4.31 Å². The first-order chi connectivity index (χ1) is 9.02. The van der Waals surface area contributed by atoms with Crippen molar-refractivity contribution in [1.82, 2.24) is 9.62 Å². The van der Waals surface area contributed by atoms with Gasteiger partial charge < -0.3 is 5.32 Å². The molecule has 2 fully saturated rings. The third-order valence-electron chi connectivity index (χ3n) is 4.94. The number of piperidine rings is 1. The highest BCUT2D eigenvalue weighted by atomic mass is 32.2. The van der Waals surface area contributed by atoms with Crippen LogP contribution in [0.3, 0.4) is 0 Å². The number of hydrogen-bond donors (Lipinski definition) is 1. The van der Waals surface area contributed by atoms with Crippen molar-refractivity contribution in [2.45, 2.75) is 31.7 Å². The Morgan fingerprint density at radius 2 is 2.16 bits per heavy atom. The van der Waals surface area contributed by atoms with E-state index in [0.717, 1.165) is 37.1 Å². The molecule has 0 spiro atoms. The Morgan fingerprint density at radius 1 is 1.32 bits per heavy atom. The van der Waals surface area contributed by atoms with Gasteiger partial charge in [0, 0.05) is 19.1 Å². The zero-order valence-electron chi connectivity index (χ0n) is 11.6. The van der Waals surface area contributed by atoms with Crippen LogP contribution in [0.5, 0.6) is 0 Å². The molecule has 0 amide bonds. The predicted octanol–water partition coefficient (Wildman–Crippen LogP) is 1.21. The molecule has 0 radical (unpaired) electrons. The summed E-state index contributed by atoms with van der Waals surface area (Å²) in [6.07, 6.45) is 10.8. The lowest BCUT2D eigenvalue weighted by Crippen LogP contribution is -2.48. The Hall–Kier alpha value is -0.390. The number of sulfonamides is 1. The highest BCUT2D eigenvalue weighted by Gasteiger charge is 2.36. The first-order valence-electron chi connectivity index (χ1n) is 7.39. The average molecular weight is 284 g/mol. The number of nitrogens with zero attached hydrogens (tertiary/aromatic N) is 1. The molecule has 2 bridgehead atoms. The predicted molar refractivity (Wildman–Crippen MR) is 76.3 cm³/mol. The lowest BCUT2D eigenvalue weighted by Gasteiger charge is -2.32. The molecule has 5 heteroatoms.